The van der Waals surface area contributed by atoms with Crippen LogP contribution in [0.15, 0.2) is 12.2 Å². The van der Waals surface area contributed by atoms with Crippen molar-refractivity contribution >= 4 is 0 Å². The van der Waals surface area contributed by atoms with E-state index >= 15 is 0 Å². The second-order valence-electron chi connectivity index (χ2n) is 5.54. The van der Waals surface area contributed by atoms with E-state index in [1.54, 1.807) is 0 Å². The minimum atomic E-state index is 0.527. The lowest BCUT2D eigenvalue weighted by Crippen LogP contribution is -2.31. The Hall–Kier alpha value is -0.380. The highest BCUT2D eigenvalue weighted by Crippen LogP contribution is 2.28. The first-order valence-corrected chi connectivity index (χ1v) is 6.74. The molecule has 100 valence electrons. The average Bonchev–Trinajstić information content (AvgIpc) is 3.05. The van der Waals surface area contributed by atoms with Crippen LogP contribution in [0, 0.1) is 5.92 Å². The van der Waals surface area contributed by atoms with Gasteiger partial charge in [-0.1, -0.05) is 20.4 Å². The van der Waals surface area contributed by atoms with Crippen molar-refractivity contribution in [2.24, 2.45) is 5.92 Å². The fourth-order valence-electron chi connectivity index (χ4n) is 1.62. The zero-order valence-electron chi connectivity index (χ0n) is 11.7. The first-order valence-electron chi connectivity index (χ1n) is 6.74. The predicted octanol–water partition coefficient (Wildman–Crippen LogP) is 1.90. The van der Waals surface area contributed by atoms with Crippen molar-refractivity contribution in [3.8, 4) is 0 Å². The number of ether oxygens (including phenoxy) is 1. The van der Waals surface area contributed by atoms with Crippen molar-refractivity contribution in [2.45, 2.75) is 32.7 Å². The van der Waals surface area contributed by atoms with Crippen molar-refractivity contribution in [3.63, 3.8) is 0 Å². The van der Waals surface area contributed by atoms with Crippen molar-refractivity contribution in [1.29, 1.82) is 0 Å². The van der Waals surface area contributed by atoms with E-state index in [0.717, 1.165) is 38.8 Å². The Morgan fingerprint density at radius 3 is 2.76 bits per heavy atom. The summed E-state index contributed by atoms with van der Waals surface area (Å²) in [6.07, 6.45) is 2.74. The van der Waals surface area contributed by atoms with Gasteiger partial charge < -0.3 is 15.0 Å². The quantitative estimate of drug-likeness (QED) is 0.466. The molecule has 1 N–H and O–H groups in total. The van der Waals surface area contributed by atoms with Gasteiger partial charge in [0.25, 0.3) is 0 Å². The summed E-state index contributed by atoms with van der Waals surface area (Å²) in [6, 6.07) is 0.527. The number of hydrogen-bond acceptors (Lipinski definition) is 3. The highest BCUT2D eigenvalue weighted by molar-refractivity contribution is 4.99. The largest absolute Gasteiger partial charge is 0.380 e. The number of rotatable bonds is 10. The Morgan fingerprint density at radius 1 is 1.47 bits per heavy atom. The summed E-state index contributed by atoms with van der Waals surface area (Å²) in [4.78, 5) is 2.28. The van der Waals surface area contributed by atoms with Crippen LogP contribution in [0.2, 0.25) is 0 Å². The third kappa shape index (κ3) is 8.36. The molecular weight excluding hydrogens is 212 g/mol. The van der Waals surface area contributed by atoms with Gasteiger partial charge in [-0.05, 0) is 31.4 Å². The normalized spacial score (nSPS) is 15.8. The van der Waals surface area contributed by atoms with E-state index in [-0.39, 0.29) is 0 Å². The van der Waals surface area contributed by atoms with Gasteiger partial charge in [0.1, 0.15) is 0 Å². The van der Waals surface area contributed by atoms with E-state index in [9.17, 15) is 0 Å². The molecule has 0 bridgehead atoms. The highest BCUT2D eigenvalue weighted by atomic mass is 16.5. The molecule has 0 unspecified atom stereocenters. The molecule has 3 nitrogen and oxygen atoms in total. The van der Waals surface area contributed by atoms with Crippen molar-refractivity contribution in [2.75, 3.05) is 39.9 Å². The van der Waals surface area contributed by atoms with Crippen LogP contribution < -0.4 is 5.32 Å². The summed E-state index contributed by atoms with van der Waals surface area (Å²) >= 11 is 0. The molecule has 0 saturated heterocycles. The van der Waals surface area contributed by atoms with Gasteiger partial charge >= 0.3 is 0 Å². The van der Waals surface area contributed by atoms with Crippen LogP contribution in [0.25, 0.3) is 0 Å². The summed E-state index contributed by atoms with van der Waals surface area (Å²) in [6.45, 7) is 13.1. The van der Waals surface area contributed by atoms with Gasteiger partial charge in [0.2, 0.25) is 0 Å². The van der Waals surface area contributed by atoms with E-state index in [1.165, 1.54) is 18.4 Å². The Morgan fingerprint density at radius 2 is 2.18 bits per heavy atom. The lowest BCUT2D eigenvalue weighted by molar-refractivity contribution is 0.105. The van der Waals surface area contributed by atoms with Gasteiger partial charge in [-0.15, -0.1) is 0 Å². The molecule has 0 heterocycles. The molecule has 0 aliphatic heterocycles. The monoisotopic (exact) mass is 240 g/mol. The van der Waals surface area contributed by atoms with Gasteiger partial charge in [-0.2, -0.15) is 0 Å². The molecule has 1 saturated carbocycles. The number of hydrogen-bond donors (Lipinski definition) is 1. The Kier molecular flexibility index (Phi) is 6.78. The molecule has 3 heteroatoms. The van der Waals surface area contributed by atoms with Crippen LogP contribution >= 0.6 is 0 Å². The van der Waals surface area contributed by atoms with E-state index in [0.29, 0.717) is 6.04 Å². The summed E-state index contributed by atoms with van der Waals surface area (Å²) in [5.41, 5.74) is 1.24. The first kappa shape index (κ1) is 14.7. The molecular formula is C14H28N2O. The minimum absolute atomic E-state index is 0.527. The molecule has 0 amide bonds. The molecule has 1 fully saturated rings. The van der Waals surface area contributed by atoms with Crippen molar-refractivity contribution in [3.05, 3.63) is 12.2 Å². The SMILES string of the molecule is C=C(CNC(C)C)CN(C)CCOCC1CC1. The molecule has 0 radical (unpaired) electrons. The standard InChI is InChI=1S/C14H28N2O/c1-12(2)15-9-13(3)10-16(4)7-8-17-11-14-5-6-14/h12,14-15H,3,5-11H2,1-2,4H3. The zero-order valence-corrected chi connectivity index (χ0v) is 11.7. The number of nitrogens with zero attached hydrogens (tertiary/aromatic N) is 1. The number of likely N-dealkylation sites (N-methyl/N-ethyl adjacent to an activating group) is 1. The first-order chi connectivity index (χ1) is 8.08. The maximum Gasteiger partial charge on any atom is 0.0593 e. The van der Waals surface area contributed by atoms with E-state index in [1.807, 2.05) is 0 Å². The molecule has 0 atom stereocenters. The van der Waals surface area contributed by atoms with Crippen LogP contribution in [-0.4, -0.2) is 50.8 Å². The van der Waals surface area contributed by atoms with E-state index < -0.39 is 0 Å². The third-order valence-corrected chi connectivity index (χ3v) is 2.92. The molecule has 1 aliphatic carbocycles. The molecule has 1 aliphatic rings. The van der Waals surface area contributed by atoms with Crippen molar-refractivity contribution < 1.29 is 4.74 Å². The molecule has 0 aromatic rings. The molecule has 0 aromatic carbocycles. The van der Waals surface area contributed by atoms with Gasteiger partial charge in [0, 0.05) is 32.3 Å². The molecule has 0 spiro atoms. The topological polar surface area (TPSA) is 24.5 Å². The zero-order chi connectivity index (χ0) is 12.7. The van der Waals surface area contributed by atoms with Gasteiger partial charge in [-0.25, -0.2) is 0 Å². The Balaban J connectivity index is 1.94. The lowest BCUT2D eigenvalue weighted by Gasteiger charge is -2.19. The van der Waals surface area contributed by atoms with Crippen LogP contribution in [0.3, 0.4) is 0 Å². The van der Waals surface area contributed by atoms with Crippen LogP contribution in [0.4, 0.5) is 0 Å². The summed E-state index contributed by atoms with van der Waals surface area (Å²) in [5, 5.41) is 3.38. The fourth-order valence-corrected chi connectivity index (χ4v) is 1.62. The lowest BCUT2D eigenvalue weighted by atomic mass is 10.2. The minimum Gasteiger partial charge on any atom is -0.380 e. The molecule has 0 aromatic heterocycles. The van der Waals surface area contributed by atoms with Gasteiger partial charge in [0.15, 0.2) is 0 Å². The highest BCUT2D eigenvalue weighted by Gasteiger charge is 2.20. The van der Waals surface area contributed by atoms with Crippen LogP contribution in [0.5, 0.6) is 0 Å². The fraction of sp³-hybridized carbons (Fsp3) is 0.857. The average molecular weight is 240 g/mol. The summed E-state index contributed by atoms with van der Waals surface area (Å²) < 4.78 is 5.62. The second kappa shape index (κ2) is 7.85. The number of nitrogens with one attached hydrogen (secondary N) is 1. The maximum absolute atomic E-state index is 5.62. The maximum atomic E-state index is 5.62. The molecule has 17 heavy (non-hydrogen) atoms. The summed E-state index contributed by atoms with van der Waals surface area (Å²) in [7, 11) is 2.13. The predicted molar refractivity (Wildman–Crippen MR) is 73.3 cm³/mol. The second-order valence-corrected chi connectivity index (χ2v) is 5.54. The van der Waals surface area contributed by atoms with Crippen LogP contribution in [0.1, 0.15) is 26.7 Å². The third-order valence-electron chi connectivity index (χ3n) is 2.92. The Bertz CT molecular complexity index is 224. The van der Waals surface area contributed by atoms with Gasteiger partial charge in [-0.3, -0.25) is 0 Å². The Labute approximate surface area is 106 Å². The van der Waals surface area contributed by atoms with Gasteiger partial charge in [0.05, 0.1) is 6.61 Å². The van der Waals surface area contributed by atoms with E-state index in [4.69, 9.17) is 4.74 Å². The van der Waals surface area contributed by atoms with E-state index in [2.05, 4.69) is 37.7 Å². The molecule has 1 rings (SSSR count). The summed E-state index contributed by atoms with van der Waals surface area (Å²) in [5.74, 6) is 0.866. The smallest absolute Gasteiger partial charge is 0.0593 e. The van der Waals surface area contributed by atoms with Crippen LogP contribution in [-0.2, 0) is 4.74 Å². The van der Waals surface area contributed by atoms with Crippen molar-refractivity contribution in [1.82, 2.24) is 10.2 Å².